The van der Waals surface area contributed by atoms with Crippen LogP contribution in [0, 0.1) is 30.1 Å². The first-order valence-electron chi connectivity index (χ1n) is 5.44. The summed E-state index contributed by atoms with van der Waals surface area (Å²) in [5.41, 5.74) is 2.27. The molecule has 16 heavy (non-hydrogen) atoms. The van der Waals surface area contributed by atoms with Gasteiger partial charge in [-0.15, -0.1) is 0 Å². The smallest absolute Gasteiger partial charge is 0.0677 e. The van der Waals surface area contributed by atoms with Crippen molar-refractivity contribution in [3.8, 4) is 6.07 Å². The number of hydrogen-bond acceptors (Lipinski definition) is 2. The molecule has 1 unspecified atom stereocenters. The van der Waals surface area contributed by atoms with Crippen LogP contribution < -0.4 is 5.32 Å². The molecule has 3 heteroatoms. The third-order valence-electron chi connectivity index (χ3n) is 2.65. The van der Waals surface area contributed by atoms with Crippen LogP contribution in [0.1, 0.15) is 19.4 Å². The molecule has 1 aromatic rings. The highest BCUT2D eigenvalue weighted by molar-refractivity contribution is 9.10. The van der Waals surface area contributed by atoms with Gasteiger partial charge in [-0.1, -0.05) is 29.8 Å². The summed E-state index contributed by atoms with van der Waals surface area (Å²) < 4.78 is 1.11. The lowest BCUT2D eigenvalue weighted by Crippen LogP contribution is -2.17. The molecule has 2 nitrogen and oxygen atoms in total. The highest BCUT2D eigenvalue weighted by Gasteiger charge is 2.11. The molecule has 0 aliphatic heterocycles. The van der Waals surface area contributed by atoms with Crippen molar-refractivity contribution >= 4 is 21.6 Å². The van der Waals surface area contributed by atoms with Crippen LogP contribution in [0.15, 0.2) is 22.7 Å². The fourth-order valence-electron chi connectivity index (χ4n) is 1.41. The molecular weight excluding hydrogens is 264 g/mol. The van der Waals surface area contributed by atoms with Crippen molar-refractivity contribution in [2.45, 2.75) is 20.8 Å². The van der Waals surface area contributed by atoms with Crippen molar-refractivity contribution in [2.75, 3.05) is 11.9 Å². The van der Waals surface area contributed by atoms with Crippen LogP contribution in [0.2, 0.25) is 0 Å². The molecule has 0 aliphatic carbocycles. The number of halogens is 1. The molecule has 0 radical (unpaired) electrons. The van der Waals surface area contributed by atoms with Gasteiger partial charge in [0.15, 0.2) is 0 Å². The summed E-state index contributed by atoms with van der Waals surface area (Å²) in [6.45, 7) is 6.90. The number of aryl methyl sites for hydroxylation is 1. The summed E-state index contributed by atoms with van der Waals surface area (Å²) in [5, 5.41) is 12.3. The average Bonchev–Trinajstić information content (AvgIpc) is 2.23. The Morgan fingerprint density at radius 3 is 2.62 bits per heavy atom. The van der Waals surface area contributed by atoms with Gasteiger partial charge in [0.05, 0.1) is 12.0 Å². The van der Waals surface area contributed by atoms with E-state index in [1.165, 1.54) is 5.56 Å². The maximum absolute atomic E-state index is 8.98. The van der Waals surface area contributed by atoms with Gasteiger partial charge in [0.2, 0.25) is 0 Å². The Morgan fingerprint density at radius 1 is 1.44 bits per heavy atom. The van der Waals surface area contributed by atoms with Crippen molar-refractivity contribution in [2.24, 2.45) is 11.8 Å². The van der Waals surface area contributed by atoms with E-state index in [4.69, 9.17) is 5.26 Å². The zero-order valence-electron chi connectivity index (χ0n) is 9.92. The lowest BCUT2D eigenvalue weighted by atomic mass is 9.97. The van der Waals surface area contributed by atoms with E-state index in [1.54, 1.807) is 0 Å². The van der Waals surface area contributed by atoms with Gasteiger partial charge >= 0.3 is 0 Å². The Morgan fingerprint density at radius 2 is 2.12 bits per heavy atom. The summed E-state index contributed by atoms with van der Waals surface area (Å²) in [6, 6.07) is 8.45. The quantitative estimate of drug-likeness (QED) is 0.906. The number of hydrogen-bond donors (Lipinski definition) is 1. The average molecular weight is 281 g/mol. The molecule has 0 bridgehead atoms. The van der Waals surface area contributed by atoms with Gasteiger partial charge in [-0.25, -0.2) is 0 Å². The number of benzene rings is 1. The number of anilines is 1. The summed E-state index contributed by atoms with van der Waals surface area (Å²) in [6.07, 6.45) is 0. The molecule has 1 aromatic carbocycles. The van der Waals surface area contributed by atoms with Crippen molar-refractivity contribution in [3.05, 3.63) is 28.2 Å². The molecule has 1 N–H and O–H groups in total. The maximum atomic E-state index is 8.98. The zero-order valence-corrected chi connectivity index (χ0v) is 11.5. The molecule has 0 aliphatic rings. The lowest BCUT2D eigenvalue weighted by molar-refractivity contribution is 0.496. The van der Waals surface area contributed by atoms with Gasteiger partial charge < -0.3 is 5.32 Å². The van der Waals surface area contributed by atoms with E-state index in [9.17, 15) is 0 Å². The minimum Gasteiger partial charge on any atom is -0.384 e. The fraction of sp³-hybridized carbons (Fsp3) is 0.462. The summed E-state index contributed by atoms with van der Waals surface area (Å²) >= 11 is 3.47. The predicted octanol–water partition coefficient (Wildman–Crippen LogP) is 3.97. The first-order chi connectivity index (χ1) is 7.54. The first kappa shape index (κ1) is 13.1. The predicted molar refractivity (Wildman–Crippen MR) is 71.3 cm³/mol. The van der Waals surface area contributed by atoms with Crippen LogP contribution in [0.25, 0.3) is 0 Å². The van der Waals surface area contributed by atoms with E-state index in [2.05, 4.69) is 54.2 Å². The van der Waals surface area contributed by atoms with Crippen LogP contribution >= 0.6 is 15.9 Å². The monoisotopic (exact) mass is 280 g/mol. The first-order valence-corrected chi connectivity index (χ1v) is 6.23. The Bertz CT molecular complexity index is 393. The van der Waals surface area contributed by atoms with Gasteiger partial charge in [-0.3, -0.25) is 0 Å². The standard InChI is InChI=1S/C13H17BrN2/c1-9(2)11(7-15)8-16-12-4-5-13(14)10(3)6-12/h4-6,9,11,16H,8H2,1-3H3. The van der Waals surface area contributed by atoms with Gasteiger partial charge in [0.1, 0.15) is 0 Å². The molecule has 0 aromatic heterocycles. The zero-order chi connectivity index (χ0) is 12.1. The second kappa shape index (κ2) is 5.91. The van der Waals surface area contributed by atoms with Gasteiger partial charge in [-0.05, 0) is 36.6 Å². The number of nitriles is 1. The highest BCUT2D eigenvalue weighted by atomic mass is 79.9. The molecule has 0 saturated heterocycles. The molecule has 1 rings (SSSR count). The number of nitrogens with zero attached hydrogens (tertiary/aromatic N) is 1. The van der Waals surface area contributed by atoms with E-state index >= 15 is 0 Å². The molecule has 0 heterocycles. The fourth-order valence-corrected chi connectivity index (χ4v) is 1.66. The topological polar surface area (TPSA) is 35.8 Å². The van der Waals surface area contributed by atoms with Gasteiger partial charge in [0, 0.05) is 16.7 Å². The highest BCUT2D eigenvalue weighted by Crippen LogP contribution is 2.20. The van der Waals surface area contributed by atoms with Crippen LogP contribution in [0.4, 0.5) is 5.69 Å². The van der Waals surface area contributed by atoms with Crippen LogP contribution in [0.5, 0.6) is 0 Å². The molecular formula is C13H17BrN2. The molecule has 1 atom stereocenters. The molecule has 86 valence electrons. The minimum absolute atomic E-state index is 0.0592. The van der Waals surface area contributed by atoms with Crippen LogP contribution in [-0.2, 0) is 0 Å². The van der Waals surface area contributed by atoms with Gasteiger partial charge in [-0.2, -0.15) is 5.26 Å². The Balaban J connectivity index is 2.61. The normalized spacial score (nSPS) is 12.2. The van der Waals surface area contributed by atoms with E-state index in [1.807, 2.05) is 12.1 Å². The largest absolute Gasteiger partial charge is 0.384 e. The minimum atomic E-state index is 0.0592. The Labute approximate surface area is 106 Å². The van der Waals surface area contributed by atoms with Crippen molar-refractivity contribution < 1.29 is 0 Å². The second-order valence-electron chi connectivity index (χ2n) is 4.32. The van der Waals surface area contributed by atoms with Crippen molar-refractivity contribution in [1.29, 1.82) is 5.26 Å². The van der Waals surface area contributed by atoms with Gasteiger partial charge in [0.25, 0.3) is 0 Å². The summed E-state index contributed by atoms with van der Waals surface area (Å²) in [4.78, 5) is 0. The maximum Gasteiger partial charge on any atom is 0.0677 e. The number of rotatable bonds is 4. The molecule has 0 spiro atoms. The third kappa shape index (κ3) is 3.53. The van der Waals surface area contributed by atoms with Crippen molar-refractivity contribution in [1.82, 2.24) is 0 Å². The van der Waals surface area contributed by atoms with E-state index in [0.29, 0.717) is 12.5 Å². The SMILES string of the molecule is Cc1cc(NCC(C#N)C(C)C)ccc1Br. The lowest BCUT2D eigenvalue weighted by Gasteiger charge is -2.15. The second-order valence-corrected chi connectivity index (χ2v) is 5.18. The van der Waals surface area contributed by atoms with E-state index in [-0.39, 0.29) is 5.92 Å². The number of nitrogens with one attached hydrogen (secondary N) is 1. The Kier molecular flexibility index (Phi) is 4.82. The summed E-state index contributed by atoms with van der Waals surface area (Å²) in [7, 11) is 0. The molecule has 0 saturated carbocycles. The van der Waals surface area contributed by atoms with Crippen LogP contribution in [0.3, 0.4) is 0 Å². The van der Waals surface area contributed by atoms with E-state index in [0.717, 1.165) is 10.2 Å². The Hall–Kier alpha value is -1.01. The summed E-state index contributed by atoms with van der Waals surface area (Å²) in [5.74, 6) is 0.443. The van der Waals surface area contributed by atoms with Crippen molar-refractivity contribution in [3.63, 3.8) is 0 Å². The van der Waals surface area contributed by atoms with Crippen LogP contribution in [-0.4, -0.2) is 6.54 Å². The third-order valence-corrected chi connectivity index (χ3v) is 3.54. The van der Waals surface area contributed by atoms with E-state index < -0.39 is 0 Å². The molecule has 0 fully saturated rings. The molecule has 0 amide bonds.